The van der Waals surface area contributed by atoms with Gasteiger partial charge in [-0.1, -0.05) is 28.1 Å². The first-order chi connectivity index (χ1) is 10.2. The molecule has 3 aromatic rings. The Labute approximate surface area is 131 Å². The Morgan fingerprint density at radius 1 is 1.19 bits per heavy atom. The van der Waals surface area contributed by atoms with E-state index >= 15 is 0 Å². The van der Waals surface area contributed by atoms with Gasteiger partial charge in [-0.3, -0.25) is 4.68 Å². The average Bonchev–Trinajstić information content (AvgIpc) is 2.98. The lowest BCUT2D eigenvalue weighted by molar-refractivity contribution is 0.0894. The number of nitrogens with zero attached hydrogens (tertiary/aromatic N) is 2. The van der Waals surface area contributed by atoms with Gasteiger partial charge in [0, 0.05) is 16.9 Å². The molecule has 0 saturated heterocycles. The van der Waals surface area contributed by atoms with Crippen molar-refractivity contribution < 1.29 is 9.84 Å². The zero-order valence-corrected chi connectivity index (χ0v) is 12.9. The van der Waals surface area contributed by atoms with Gasteiger partial charge in [0.05, 0.1) is 6.54 Å². The van der Waals surface area contributed by atoms with E-state index in [2.05, 4.69) is 27.1 Å². The number of aliphatic hydroxyl groups excluding tert-OH is 1. The van der Waals surface area contributed by atoms with E-state index in [1.54, 1.807) is 10.9 Å². The molecule has 1 N–H and O–H groups in total. The normalized spacial score (nSPS) is 12.5. The zero-order chi connectivity index (χ0) is 14.7. The molecule has 1 unspecified atom stereocenters. The van der Waals surface area contributed by atoms with Crippen LogP contribution < -0.4 is 4.74 Å². The van der Waals surface area contributed by atoms with Gasteiger partial charge in [0.15, 0.2) is 0 Å². The number of ether oxygens (including phenoxy) is 1. The fourth-order valence-electron chi connectivity index (χ4n) is 2.15. The highest BCUT2D eigenvalue weighted by Gasteiger charge is 2.07. The van der Waals surface area contributed by atoms with E-state index < -0.39 is 6.10 Å². The highest BCUT2D eigenvalue weighted by molar-refractivity contribution is 9.10. The number of benzene rings is 2. The van der Waals surface area contributed by atoms with E-state index in [1.807, 2.05) is 42.6 Å². The Balaban J connectivity index is 1.63. The number of halogens is 1. The van der Waals surface area contributed by atoms with E-state index in [0.29, 0.717) is 6.54 Å². The van der Waals surface area contributed by atoms with E-state index in [1.165, 1.54) is 0 Å². The number of hydrogen-bond donors (Lipinski definition) is 1. The van der Waals surface area contributed by atoms with Gasteiger partial charge in [-0.2, -0.15) is 5.10 Å². The third-order valence-electron chi connectivity index (χ3n) is 3.17. The summed E-state index contributed by atoms with van der Waals surface area (Å²) >= 11 is 3.46. The molecule has 0 aliphatic carbocycles. The lowest BCUT2D eigenvalue weighted by Crippen LogP contribution is -2.23. The van der Waals surface area contributed by atoms with E-state index in [4.69, 9.17) is 4.74 Å². The minimum Gasteiger partial charge on any atom is -0.491 e. The van der Waals surface area contributed by atoms with Gasteiger partial charge in [-0.25, -0.2) is 0 Å². The van der Waals surface area contributed by atoms with Crippen LogP contribution >= 0.6 is 15.9 Å². The zero-order valence-electron chi connectivity index (χ0n) is 11.3. The van der Waals surface area contributed by atoms with Crippen LogP contribution in [0.5, 0.6) is 5.75 Å². The van der Waals surface area contributed by atoms with E-state index in [9.17, 15) is 5.11 Å². The molecule has 0 aliphatic heterocycles. The van der Waals surface area contributed by atoms with Crippen LogP contribution in [0.25, 0.3) is 10.8 Å². The second-order valence-electron chi connectivity index (χ2n) is 4.85. The molecule has 0 spiro atoms. The van der Waals surface area contributed by atoms with Crippen LogP contribution in [0, 0.1) is 0 Å². The molecular weight excluding hydrogens is 332 g/mol. The minimum atomic E-state index is -0.592. The Kier molecular flexibility index (Phi) is 4.22. The first-order valence-corrected chi connectivity index (χ1v) is 7.47. The van der Waals surface area contributed by atoms with Crippen molar-refractivity contribution in [2.75, 3.05) is 6.61 Å². The van der Waals surface area contributed by atoms with Gasteiger partial charge in [-0.05, 0) is 41.1 Å². The van der Waals surface area contributed by atoms with Crippen molar-refractivity contribution in [3.63, 3.8) is 0 Å². The fraction of sp³-hybridized carbons (Fsp3) is 0.188. The molecule has 0 radical (unpaired) electrons. The summed E-state index contributed by atoms with van der Waals surface area (Å²) < 4.78 is 8.39. The average molecular weight is 347 g/mol. The first-order valence-electron chi connectivity index (χ1n) is 6.68. The number of fused-ring (bicyclic) bond motifs is 1. The molecule has 108 valence electrons. The number of aliphatic hydroxyl groups is 1. The van der Waals surface area contributed by atoms with Crippen LogP contribution in [-0.2, 0) is 6.54 Å². The summed E-state index contributed by atoms with van der Waals surface area (Å²) in [7, 11) is 0. The van der Waals surface area contributed by atoms with Gasteiger partial charge in [0.25, 0.3) is 0 Å². The van der Waals surface area contributed by atoms with Crippen LogP contribution in [0.2, 0.25) is 0 Å². The Bertz CT molecular complexity index is 728. The lowest BCUT2D eigenvalue weighted by Gasteiger charge is -2.13. The number of rotatable bonds is 5. The predicted octanol–water partition coefficient (Wildman–Crippen LogP) is 3.24. The van der Waals surface area contributed by atoms with Crippen LogP contribution in [0.15, 0.2) is 59.3 Å². The molecule has 5 heteroatoms. The molecule has 0 saturated carbocycles. The molecule has 0 fully saturated rings. The predicted molar refractivity (Wildman–Crippen MR) is 85.4 cm³/mol. The molecule has 0 aliphatic rings. The standard InChI is InChI=1S/C16H15BrN2O2/c17-14-4-2-13-9-16(5-3-12(13)8-14)21-11-15(20)10-19-7-1-6-18-19/h1-9,15,20H,10-11H2. The van der Waals surface area contributed by atoms with Crippen molar-refractivity contribution in [1.29, 1.82) is 0 Å². The Morgan fingerprint density at radius 3 is 2.81 bits per heavy atom. The summed E-state index contributed by atoms with van der Waals surface area (Å²) in [6, 6.07) is 13.8. The highest BCUT2D eigenvalue weighted by Crippen LogP contribution is 2.24. The Morgan fingerprint density at radius 2 is 2.00 bits per heavy atom. The summed E-state index contributed by atoms with van der Waals surface area (Å²) in [4.78, 5) is 0. The van der Waals surface area contributed by atoms with Crippen molar-refractivity contribution >= 4 is 26.7 Å². The van der Waals surface area contributed by atoms with Crippen molar-refractivity contribution in [2.45, 2.75) is 12.6 Å². The maximum atomic E-state index is 9.94. The second-order valence-corrected chi connectivity index (χ2v) is 5.76. The summed E-state index contributed by atoms with van der Waals surface area (Å²) in [5.41, 5.74) is 0. The first kappa shape index (κ1) is 14.1. The van der Waals surface area contributed by atoms with Gasteiger partial charge in [-0.15, -0.1) is 0 Å². The summed E-state index contributed by atoms with van der Waals surface area (Å²) in [5.74, 6) is 0.754. The van der Waals surface area contributed by atoms with Crippen molar-refractivity contribution in [1.82, 2.24) is 9.78 Å². The quantitative estimate of drug-likeness (QED) is 0.771. The summed E-state index contributed by atoms with van der Waals surface area (Å²) in [6.07, 6.45) is 2.91. The second kappa shape index (κ2) is 6.28. The smallest absolute Gasteiger partial charge is 0.120 e. The van der Waals surface area contributed by atoms with E-state index in [0.717, 1.165) is 21.0 Å². The molecule has 1 atom stereocenters. The fourth-order valence-corrected chi connectivity index (χ4v) is 2.53. The van der Waals surface area contributed by atoms with Crippen molar-refractivity contribution in [3.05, 3.63) is 59.3 Å². The largest absolute Gasteiger partial charge is 0.491 e. The third-order valence-corrected chi connectivity index (χ3v) is 3.67. The molecular formula is C16H15BrN2O2. The van der Waals surface area contributed by atoms with E-state index in [-0.39, 0.29) is 6.61 Å². The minimum absolute atomic E-state index is 0.238. The molecule has 0 bridgehead atoms. The summed E-state index contributed by atoms with van der Waals surface area (Å²) in [6.45, 7) is 0.662. The van der Waals surface area contributed by atoms with Crippen LogP contribution in [0.4, 0.5) is 0 Å². The maximum absolute atomic E-state index is 9.94. The molecule has 4 nitrogen and oxygen atoms in total. The number of aromatic nitrogens is 2. The Hall–Kier alpha value is -1.85. The SMILES string of the molecule is OC(COc1ccc2cc(Br)ccc2c1)Cn1cccn1. The maximum Gasteiger partial charge on any atom is 0.120 e. The van der Waals surface area contributed by atoms with Crippen LogP contribution in [0.3, 0.4) is 0 Å². The van der Waals surface area contributed by atoms with Gasteiger partial charge in [0.1, 0.15) is 18.5 Å². The monoisotopic (exact) mass is 346 g/mol. The van der Waals surface area contributed by atoms with Crippen LogP contribution in [-0.4, -0.2) is 27.6 Å². The number of hydrogen-bond acceptors (Lipinski definition) is 3. The molecule has 0 amide bonds. The highest BCUT2D eigenvalue weighted by atomic mass is 79.9. The van der Waals surface area contributed by atoms with Crippen molar-refractivity contribution in [3.8, 4) is 5.75 Å². The summed E-state index contributed by atoms with van der Waals surface area (Å²) in [5, 5.41) is 16.3. The molecule has 1 heterocycles. The molecule has 21 heavy (non-hydrogen) atoms. The lowest BCUT2D eigenvalue weighted by atomic mass is 10.1. The molecule has 1 aromatic heterocycles. The van der Waals surface area contributed by atoms with Gasteiger partial charge >= 0.3 is 0 Å². The third kappa shape index (κ3) is 3.62. The van der Waals surface area contributed by atoms with Gasteiger partial charge < -0.3 is 9.84 Å². The topological polar surface area (TPSA) is 47.3 Å². The molecule has 2 aromatic carbocycles. The van der Waals surface area contributed by atoms with Gasteiger partial charge in [0.2, 0.25) is 0 Å². The van der Waals surface area contributed by atoms with Crippen molar-refractivity contribution in [2.24, 2.45) is 0 Å². The molecule has 3 rings (SSSR count). The van der Waals surface area contributed by atoms with Crippen LogP contribution in [0.1, 0.15) is 0 Å².